The molecule has 0 unspecified atom stereocenters. The molecule has 0 saturated heterocycles. The van der Waals surface area contributed by atoms with Crippen molar-refractivity contribution in [2.24, 2.45) is 5.41 Å². The molecule has 0 heterocycles. The number of hydrogen-bond donors (Lipinski definition) is 0. The molecule has 13 heavy (non-hydrogen) atoms. The molecule has 0 radical (unpaired) electrons. The molecule has 70 valence electrons. The predicted molar refractivity (Wildman–Crippen MR) is 54.6 cm³/mol. The van der Waals surface area contributed by atoms with Gasteiger partial charge < -0.3 is 0 Å². The number of hydrogen-bond acceptors (Lipinski definition) is 1. The largest absolute Gasteiger partial charge is 0.299 e. The first kappa shape index (κ1) is 9.97. The van der Waals surface area contributed by atoms with Crippen LogP contribution in [-0.4, -0.2) is 5.78 Å². The SMILES string of the molecule is CC(=O)C(C)(C)Cc1ccccc1. The third-order valence-electron chi connectivity index (χ3n) is 2.44. The summed E-state index contributed by atoms with van der Waals surface area (Å²) in [6.45, 7) is 5.63. The molecule has 0 spiro atoms. The van der Waals surface area contributed by atoms with Gasteiger partial charge in [-0.25, -0.2) is 0 Å². The second-order valence-electron chi connectivity index (χ2n) is 4.10. The van der Waals surface area contributed by atoms with Crippen LogP contribution in [0, 0.1) is 5.41 Å². The smallest absolute Gasteiger partial charge is 0.135 e. The van der Waals surface area contributed by atoms with Crippen molar-refractivity contribution in [3.05, 3.63) is 35.9 Å². The average molecular weight is 176 g/mol. The van der Waals surface area contributed by atoms with Crippen LogP contribution in [0.15, 0.2) is 30.3 Å². The molecule has 0 aliphatic carbocycles. The topological polar surface area (TPSA) is 17.1 Å². The maximum Gasteiger partial charge on any atom is 0.135 e. The van der Waals surface area contributed by atoms with Crippen molar-refractivity contribution in [2.75, 3.05) is 0 Å². The number of Topliss-reactive ketones (excluding diaryl/α,β-unsaturated/α-hetero) is 1. The average Bonchev–Trinajstić information content (AvgIpc) is 2.05. The molecule has 0 aromatic heterocycles. The summed E-state index contributed by atoms with van der Waals surface area (Å²) in [4.78, 5) is 11.3. The maximum atomic E-state index is 11.3. The van der Waals surface area contributed by atoms with Gasteiger partial charge in [-0.1, -0.05) is 44.2 Å². The van der Waals surface area contributed by atoms with E-state index < -0.39 is 0 Å². The zero-order chi connectivity index (χ0) is 9.90. The van der Waals surface area contributed by atoms with Crippen molar-refractivity contribution in [1.82, 2.24) is 0 Å². The molecule has 1 aromatic rings. The van der Waals surface area contributed by atoms with E-state index in [1.54, 1.807) is 6.92 Å². The second kappa shape index (κ2) is 3.73. The Morgan fingerprint density at radius 3 is 2.23 bits per heavy atom. The number of rotatable bonds is 3. The number of ketones is 1. The van der Waals surface area contributed by atoms with Crippen molar-refractivity contribution in [1.29, 1.82) is 0 Å². The van der Waals surface area contributed by atoms with Crippen molar-refractivity contribution in [2.45, 2.75) is 27.2 Å². The molecule has 0 aliphatic heterocycles. The molecule has 1 nitrogen and oxygen atoms in total. The lowest BCUT2D eigenvalue weighted by Crippen LogP contribution is -2.23. The van der Waals surface area contributed by atoms with E-state index in [4.69, 9.17) is 0 Å². The van der Waals surface area contributed by atoms with Crippen LogP contribution in [0.2, 0.25) is 0 Å². The van der Waals surface area contributed by atoms with Crippen molar-refractivity contribution >= 4 is 5.78 Å². The van der Waals surface area contributed by atoms with Crippen LogP contribution < -0.4 is 0 Å². The summed E-state index contributed by atoms with van der Waals surface area (Å²) in [5.74, 6) is 0.247. The minimum atomic E-state index is -0.235. The van der Waals surface area contributed by atoms with Crippen LogP contribution >= 0.6 is 0 Å². The zero-order valence-corrected chi connectivity index (χ0v) is 8.50. The van der Waals surface area contributed by atoms with Crippen LogP contribution in [0.3, 0.4) is 0 Å². The first-order valence-corrected chi connectivity index (χ1v) is 4.57. The normalized spacial score (nSPS) is 11.3. The molecular formula is C12H16O. The monoisotopic (exact) mass is 176 g/mol. The van der Waals surface area contributed by atoms with Gasteiger partial charge in [0.2, 0.25) is 0 Å². The predicted octanol–water partition coefficient (Wildman–Crippen LogP) is 2.84. The van der Waals surface area contributed by atoms with Crippen molar-refractivity contribution in [3.63, 3.8) is 0 Å². The van der Waals surface area contributed by atoms with Gasteiger partial charge >= 0.3 is 0 Å². The number of benzene rings is 1. The van der Waals surface area contributed by atoms with Crippen LogP contribution in [0.4, 0.5) is 0 Å². The highest BCUT2D eigenvalue weighted by atomic mass is 16.1. The molecule has 0 aliphatic rings. The zero-order valence-electron chi connectivity index (χ0n) is 8.50. The minimum absolute atomic E-state index is 0.235. The summed E-state index contributed by atoms with van der Waals surface area (Å²) in [7, 11) is 0. The molecular weight excluding hydrogens is 160 g/mol. The molecule has 1 rings (SSSR count). The fraction of sp³-hybridized carbons (Fsp3) is 0.417. The summed E-state index contributed by atoms with van der Waals surface area (Å²) in [6.07, 6.45) is 0.823. The van der Waals surface area contributed by atoms with Gasteiger partial charge in [-0.3, -0.25) is 4.79 Å². The van der Waals surface area contributed by atoms with Gasteiger partial charge in [0.1, 0.15) is 5.78 Å². The molecule has 1 aromatic carbocycles. The Bertz CT molecular complexity index is 285. The molecule has 0 saturated carbocycles. The fourth-order valence-electron chi connectivity index (χ4n) is 1.23. The quantitative estimate of drug-likeness (QED) is 0.692. The standard InChI is InChI=1S/C12H16O/c1-10(13)12(2,3)9-11-7-5-4-6-8-11/h4-8H,9H2,1-3H3. The number of carbonyl (C=O) groups excluding carboxylic acids is 1. The van der Waals surface area contributed by atoms with Crippen LogP contribution in [0.5, 0.6) is 0 Å². The summed E-state index contributed by atoms with van der Waals surface area (Å²) >= 11 is 0. The third-order valence-corrected chi connectivity index (χ3v) is 2.44. The van der Waals surface area contributed by atoms with E-state index in [1.807, 2.05) is 32.0 Å². The maximum absolute atomic E-state index is 11.3. The summed E-state index contributed by atoms with van der Waals surface area (Å²) in [5.41, 5.74) is 0.990. The first-order valence-electron chi connectivity index (χ1n) is 4.57. The highest BCUT2D eigenvalue weighted by Crippen LogP contribution is 2.22. The Morgan fingerprint density at radius 2 is 1.77 bits per heavy atom. The highest BCUT2D eigenvalue weighted by molar-refractivity contribution is 5.81. The van der Waals surface area contributed by atoms with Gasteiger partial charge in [0, 0.05) is 5.41 Å². The fourth-order valence-corrected chi connectivity index (χ4v) is 1.23. The van der Waals surface area contributed by atoms with Gasteiger partial charge in [-0.2, -0.15) is 0 Å². The molecule has 1 heteroatoms. The van der Waals surface area contributed by atoms with E-state index in [0.29, 0.717) is 0 Å². The molecule has 0 amide bonds. The molecule has 0 fully saturated rings. The van der Waals surface area contributed by atoms with E-state index in [1.165, 1.54) is 5.56 Å². The number of carbonyl (C=O) groups is 1. The van der Waals surface area contributed by atoms with Crippen LogP contribution in [-0.2, 0) is 11.2 Å². The highest BCUT2D eigenvalue weighted by Gasteiger charge is 2.23. The lowest BCUT2D eigenvalue weighted by molar-refractivity contribution is -0.124. The Morgan fingerprint density at radius 1 is 1.23 bits per heavy atom. The van der Waals surface area contributed by atoms with Gasteiger partial charge in [-0.15, -0.1) is 0 Å². The van der Waals surface area contributed by atoms with Gasteiger partial charge in [-0.05, 0) is 18.9 Å². The summed E-state index contributed by atoms with van der Waals surface area (Å²) in [6, 6.07) is 10.1. The second-order valence-corrected chi connectivity index (χ2v) is 4.10. The van der Waals surface area contributed by atoms with Crippen LogP contribution in [0.1, 0.15) is 26.3 Å². The Labute approximate surface area is 79.8 Å². The van der Waals surface area contributed by atoms with Crippen molar-refractivity contribution in [3.8, 4) is 0 Å². The third kappa shape index (κ3) is 2.69. The van der Waals surface area contributed by atoms with E-state index >= 15 is 0 Å². The summed E-state index contributed by atoms with van der Waals surface area (Å²) in [5, 5.41) is 0. The Kier molecular flexibility index (Phi) is 2.86. The van der Waals surface area contributed by atoms with Crippen molar-refractivity contribution < 1.29 is 4.79 Å². The van der Waals surface area contributed by atoms with Gasteiger partial charge in [0.05, 0.1) is 0 Å². The lowest BCUT2D eigenvalue weighted by Gasteiger charge is -2.20. The summed E-state index contributed by atoms with van der Waals surface area (Å²) < 4.78 is 0. The van der Waals surface area contributed by atoms with E-state index in [9.17, 15) is 4.79 Å². The van der Waals surface area contributed by atoms with Crippen LogP contribution in [0.25, 0.3) is 0 Å². The minimum Gasteiger partial charge on any atom is -0.299 e. The van der Waals surface area contributed by atoms with Gasteiger partial charge in [0.25, 0.3) is 0 Å². The van der Waals surface area contributed by atoms with Gasteiger partial charge in [0.15, 0.2) is 0 Å². The molecule has 0 bridgehead atoms. The Balaban J connectivity index is 2.75. The molecule has 0 atom stereocenters. The Hall–Kier alpha value is -1.11. The first-order chi connectivity index (χ1) is 6.02. The lowest BCUT2D eigenvalue weighted by atomic mass is 9.82. The van der Waals surface area contributed by atoms with E-state index in [2.05, 4.69) is 12.1 Å². The van der Waals surface area contributed by atoms with E-state index in [-0.39, 0.29) is 11.2 Å². The molecule has 0 N–H and O–H groups in total. The van der Waals surface area contributed by atoms with E-state index in [0.717, 1.165) is 6.42 Å².